The van der Waals surface area contributed by atoms with Gasteiger partial charge >= 0.3 is 0 Å². The van der Waals surface area contributed by atoms with Gasteiger partial charge in [-0.25, -0.2) is 20.5 Å². The minimum Gasteiger partial charge on any atom is -0.308 e. The summed E-state index contributed by atoms with van der Waals surface area (Å²) in [6, 6.07) is 1.93. The van der Waals surface area contributed by atoms with E-state index in [1.54, 1.807) is 4.68 Å². The molecule has 2 heterocycles. The summed E-state index contributed by atoms with van der Waals surface area (Å²) in [6.07, 6.45) is 3.36. The molecule has 0 saturated heterocycles. The third kappa shape index (κ3) is 2.12. The molecular formula is C11H16N6. The Hall–Kier alpha value is -1.95. The second-order valence-electron chi connectivity index (χ2n) is 4.16. The van der Waals surface area contributed by atoms with Crippen LogP contribution in [0.3, 0.4) is 0 Å². The summed E-state index contributed by atoms with van der Waals surface area (Å²) < 4.78 is 1.74. The highest BCUT2D eigenvalue weighted by Crippen LogP contribution is 2.26. The highest BCUT2D eigenvalue weighted by molar-refractivity contribution is 5.52. The maximum atomic E-state index is 5.47. The first-order valence-electron chi connectivity index (χ1n) is 5.47. The minimum absolute atomic E-state index is 0.252. The second kappa shape index (κ2) is 4.50. The molecule has 0 unspecified atom stereocenters. The number of aryl methyl sites for hydroxylation is 1. The van der Waals surface area contributed by atoms with Gasteiger partial charge in [0.1, 0.15) is 12.1 Å². The van der Waals surface area contributed by atoms with Crippen molar-refractivity contribution < 1.29 is 0 Å². The van der Waals surface area contributed by atoms with Gasteiger partial charge in [0.05, 0.1) is 5.69 Å². The van der Waals surface area contributed by atoms with E-state index in [2.05, 4.69) is 34.3 Å². The predicted octanol–water partition coefficient (Wildman–Crippen LogP) is 1.38. The summed E-state index contributed by atoms with van der Waals surface area (Å²) in [7, 11) is 0. The van der Waals surface area contributed by atoms with Crippen molar-refractivity contribution in [2.24, 2.45) is 5.84 Å². The van der Waals surface area contributed by atoms with Crippen LogP contribution in [-0.4, -0.2) is 19.7 Å². The summed E-state index contributed by atoms with van der Waals surface area (Å²) in [5, 5.41) is 4.36. The smallest absolute Gasteiger partial charge is 0.162 e. The number of hydrogen-bond donors (Lipinski definition) is 2. The van der Waals surface area contributed by atoms with Gasteiger partial charge in [-0.1, -0.05) is 13.8 Å². The lowest BCUT2D eigenvalue weighted by molar-refractivity contribution is 0.768. The Balaban J connectivity index is 2.60. The molecule has 0 aliphatic rings. The maximum absolute atomic E-state index is 5.47. The number of nitrogens with two attached hydrogens (primary N) is 1. The lowest BCUT2D eigenvalue weighted by Crippen LogP contribution is -2.15. The molecule has 0 spiro atoms. The van der Waals surface area contributed by atoms with E-state index in [0.717, 1.165) is 17.1 Å². The van der Waals surface area contributed by atoms with E-state index in [9.17, 15) is 0 Å². The molecule has 0 aliphatic carbocycles. The van der Waals surface area contributed by atoms with E-state index in [0.29, 0.717) is 5.82 Å². The molecule has 2 aromatic rings. The van der Waals surface area contributed by atoms with E-state index < -0.39 is 0 Å². The van der Waals surface area contributed by atoms with Gasteiger partial charge in [0.25, 0.3) is 0 Å². The van der Waals surface area contributed by atoms with Gasteiger partial charge in [0, 0.05) is 11.8 Å². The van der Waals surface area contributed by atoms with Crippen molar-refractivity contribution in [2.45, 2.75) is 26.7 Å². The average Bonchev–Trinajstić information content (AvgIpc) is 2.74. The van der Waals surface area contributed by atoms with Crippen LogP contribution in [0.4, 0.5) is 5.82 Å². The first-order valence-corrected chi connectivity index (χ1v) is 5.47. The molecule has 0 fully saturated rings. The molecule has 0 bridgehead atoms. The van der Waals surface area contributed by atoms with E-state index in [1.165, 1.54) is 6.33 Å². The van der Waals surface area contributed by atoms with Crippen LogP contribution >= 0.6 is 0 Å². The van der Waals surface area contributed by atoms with Crippen LogP contribution in [0.1, 0.15) is 31.0 Å². The molecule has 3 N–H and O–H groups in total. The van der Waals surface area contributed by atoms with E-state index in [-0.39, 0.29) is 5.92 Å². The van der Waals surface area contributed by atoms with Gasteiger partial charge in [-0.3, -0.25) is 0 Å². The average molecular weight is 232 g/mol. The number of nitrogens with one attached hydrogen (secondary N) is 1. The molecule has 2 rings (SSSR count). The molecule has 0 amide bonds. The predicted molar refractivity (Wildman–Crippen MR) is 65.8 cm³/mol. The molecular weight excluding hydrogens is 216 g/mol. The first-order chi connectivity index (χ1) is 8.13. The lowest BCUT2D eigenvalue weighted by Gasteiger charge is -2.14. The summed E-state index contributed by atoms with van der Waals surface area (Å²) in [5.74, 6) is 7.12. The van der Waals surface area contributed by atoms with E-state index >= 15 is 0 Å². The fourth-order valence-electron chi connectivity index (χ4n) is 1.75. The van der Waals surface area contributed by atoms with Crippen molar-refractivity contribution in [3.05, 3.63) is 29.8 Å². The zero-order chi connectivity index (χ0) is 12.4. The molecule has 0 aliphatic heterocycles. The number of rotatable bonds is 3. The molecule has 0 aromatic carbocycles. The highest BCUT2D eigenvalue weighted by atomic mass is 15.3. The van der Waals surface area contributed by atoms with Gasteiger partial charge in [-0.2, -0.15) is 5.10 Å². The molecule has 0 saturated carbocycles. The zero-order valence-electron chi connectivity index (χ0n) is 10.2. The van der Waals surface area contributed by atoms with Crippen molar-refractivity contribution in [1.29, 1.82) is 0 Å². The van der Waals surface area contributed by atoms with Gasteiger partial charge in [0.2, 0.25) is 0 Å². The van der Waals surface area contributed by atoms with Crippen LogP contribution in [0.2, 0.25) is 0 Å². The van der Waals surface area contributed by atoms with Crippen LogP contribution in [0, 0.1) is 6.92 Å². The second-order valence-corrected chi connectivity index (χ2v) is 4.16. The summed E-state index contributed by atoms with van der Waals surface area (Å²) in [5.41, 5.74) is 4.50. The fraction of sp³-hybridized carbons (Fsp3) is 0.364. The lowest BCUT2D eigenvalue weighted by atomic mass is 10.0. The number of aromatic nitrogens is 4. The quantitative estimate of drug-likeness (QED) is 0.617. The summed E-state index contributed by atoms with van der Waals surface area (Å²) in [6.45, 7) is 6.08. The normalized spacial score (nSPS) is 10.9. The number of nitrogen functional groups attached to an aromatic ring is 1. The Morgan fingerprint density at radius 1 is 1.35 bits per heavy atom. The van der Waals surface area contributed by atoms with Crippen molar-refractivity contribution in [3.8, 4) is 5.82 Å². The number of hydrazine groups is 1. The van der Waals surface area contributed by atoms with Crippen LogP contribution in [-0.2, 0) is 0 Å². The number of hydrogen-bond acceptors (Lipinski definition) is 5. The fourth-order valence-corrected chi connectivity index (χ4v) is 1.75. The number of nitrogens with zero attached hydrogens (tertiary/aromatic N) is 4. The minimum atomic E-state index is 0.252. The van der Waals surface area contributed by atoms with Gasteiger partial charge in [0.15, 0.2) is 5.82 Å². The molecule has 0 atom stereocenters. The summed E-state index contributed by atoms with van der Waals surface area (Å²) in [4.78, 5) is 8.41. The zero-order valence-corrected chi connectivity index (χ0v) is 10.2. The first kappa shape index (κ1) is 11.5. The Bertz CT molecular complexity index is 516. The van der Waals surface area contributed by atoms with Crippen molar-refractivity contribution in [2.75, 3.05) is 5.43 Å². The maximum Gasteiger partial charge on any atom is 0.162 e. The van der Waals surface area contributed by atoms with Crippen molar-refractivity contribution in [1.82, 2.24) is 19.7 Å². The van der Waals surface area contributed by atoms with E-state index in [4.69, 9.17) is 5.84 Å². The van der Waals surface area contributed by atoms with Crippen LogP contribution in [0.5, 0.6) is 0 Å². The largest absolute Gasteiger partial charge is 0.308 e. The molecule has 0 radical (unpaired) electrons. The molecule has 2 aromatic heterocycles. The standard InChI is InChI=1S/C11H16N6/c1-7(2)9-10(15-12)13-6-14-11(9)17-5-4-8(3)16-17/h4-7H,12H2,1-3H3,(H,13,14,15). The Morgan fingerprint density at radius 2 is 2.12 bits per heavy atom. The van der Waals surface area contributed by atoms with Gasteiger partial charge < -0.3 is 5.43 Å². The monoisotopic (exact) mass is 232 g/mol. The van der Waals surface area contributed by atoms with Gasteiger partial charge in [-0.05, 0) is 18.9 Å². The Labute approximate surface area is 99.9 Å². The summed E-state index contributed by atoms with van der Waals surface area (Å²) >= 11 is 0. The molecule has 17 heavy (non-hydrogen) atoms. The van der Waals surface area contributed by atoms with Crippen LogP contribution in [0.15, 0.2) is 18.6 Å². The van der Waals surface area contributed by atoms with E-state index in [1.807, 2.05) is 19.2 Å². The van der Waals surface area contributed by atoms with Crippen LogP contribution < -0.4 is 11.3 Å². The van der Waals surface area contributed by atoms with Crippen molar-refractivity contribution in [3.63, 3.8) is 0 Å². The van der Waals surface area contributed by atoms with Gasteiger partial charge in [-0.15, -0.1) is 0 Å². The number of anilines is 1. The molecule has 90 valence electrons. The molecule has 6 heteroatoms. The topological polar surface area (TPSA) is 81.7 Å². The Kier molecular flexibility index (Phi) is 3.06. The Morgan fingerprint density at radius 3 is 2.65 bits per heavy atom. The molecule has 6 nitrogen and oxygen atoms in total. The third-order valence-electron chi connectivity index (χ3n) is 2.52. The third-order valence-corrected chi connectivity index (χ3v) is 2.52. The SMILES string of the molecule is Cc1ccn(-c2ncnc(NN)c2C(C)C)n1. The van der Waals surface area contributed by atoms with Crippen molar-refractivity contribution >= 4 is 5.82 Å². The highest BCUT2D eigenvalue weighted by Gasteiger charge is 2.16. The van der Waals surface area contributed by atoms with Crippen LogP contribution in [0.25, 0.3) is 5.82 Å².